The van der Waals surface area contributed by atoms with Crippen molar-refractivity contribution < 1.29 is 43.2 Å². The van der Waals surface area contributed by atoms with Gasteiger partial charge in [-0.1, -0.05) is 40.2 Å². The smallest absolute Gasteiger partial charge is 0.480 e. The van der Waals surface area contributed by atoms with Gasteiger partial charge in [0.15, 0.2) is 11.5 Å². The molecule has 2 rings (SSSR count). The molecule has 1 unspecified atom stereocenters. The minimum Gasteiger partial charge on any atom is -0.480 e. The first-order valence-electron chi connectivity index (χ1n) is 13.7. The summed E-state index contributed by atoms with van der Waals surface area (Å²) in [5.74, 6) is -2.11. The van der Waals surface area contributed by atoms with E-state index in [2.05, 4.69) is 0 Å². The molecule has 39 heavy (non-hydrogen) atoms. The summed E-state index contributed by atoms with van der Waals surface area (Å²) in [5, 5.41) is 9.96. The summed E-state index contributed by atoms with van der Waals surface area (Å²) in [5.41, 5.74) is 4.93. The van der Waals surface area contributed by atoms with Crippen LogP contribution >= 0.6 is 0 Å². The van der Waals surface area contributed by atoms with Gasteiger partial charge in [0, 0.05) is 25.7 Å². The SMILES string of the molecule is CC(C)CC(=O)Oc1ccc(CC(N)(C[C@H](C)OC(=O)OC2CCCCC2)C(=O)O)cc1OC(=O)CC(C)C. The normalized spacial score (nSPS) is 16.3. The number of esters is 2. The summed E-state index contributed by atoms with van der Waals surface area (Å²) >= 11 is 0. The molecule has 1 aliphatic carbocycles. The second-order valence-electron chi connectivity index (χ2n) is 11.3. The number of rotatable bonds is 13. The summed E-state index contributed by atoms with van der Waals surface area (Å²) in [6, 6.07) is 4.46. The van der Waals surface area contributed by atoms with Crippen molar-refractivity contribution in [2.75, 3.05) is 0 Å². The lowest BCUT2D eigenvalue weighted by atomic mass is 9.86. The van der Waals surface area contributed by atoms with Crippen LogP contribution in [0.2, 0.25) is 0 Å². The third-order valence-electron chi connectivity index (χ3n) is 6.32. The Morgan fingerprint density at radius 3 is 2.03 bits per heavy atom. The Kier molecular flexibility index (Phi) is 12.2. The van der Waals surface area contributed by atoms with Crippen LogP contribution in [-0.2, 0) is 30.3 Å². The fraction of sp³-hybridized carbons (Fsp3) is 0.655. The van der Waals surface area contributed by atoms with Gasteiger partial charge in [-0.3, -0.25) is 14.4 Å². The summed E-state index contributed by atoms with van der Waals surface area (Å²) < 4.78 is 21.6. The topological polar surface area (TPSA) is 151 Å². The number of nitrogens with two attached hydrogens (primary N) is 1. The Bertz CT molecular complexity index is 1000. The minimum atomic E-state index is -1.81. The quantitative estimate of drug-likeness (QED) is 0.249. The maximum absolute atomic E-state index is 12.4. The Hall–Kier alpha value is -3.14. The van der Waals surface area contributed by atoms with E-state index in [4.69, 9.17) is 24.7 Å². The number of ether oxygens (including phenoxy) is 4. The van der Waals surface area contributed by atoms with Crippen LogP contribution in [-0.4, -0.2) is 46.9 Å². The molecule has 10 heteroatoms. The van der Waals surface area contributed by atoms with E-state index in [1.807, 2.05) is 27.7 Å². The molecule has 2 atom stereocenters. The second-order valence-corrected chi connectivity index (χ2v) is 11.3. The highest BCUT2D eigenvalue weighted by Crippen LogP contribution is 2.32. The van der Waals surface area contributed by atoms with Gasteiger partial charge >= 0.3 is 24.1 Å². The molecular weight excluding hydrogens is 506 g/mol. The molecule has 0 heterocycles. The van der Waals surface area contributed by atoms with Crippen molar-refractivity contribution in [2.24, 2.45) is 17.6 Å². The Balaban J connectivity index is 2.17. The van der Waals surface area contributed by atoms with Crippen LogP contribution in [0.5, 0.6) is 11.5 Å². The summed E-state index contributed by atoms with van der Waals surface area (Å²) in [6.07, 6.45) is 2.77. The molecule has 0 radical (unpaired) electrons. The molecule has 1 aromatic rings. The fourth-order valence-electron chi connectivity index (χ4n) is 4.49. The minimum absolute atomic E-state index is 0.00310. The molecule has 0 aromatic heterocycles. The molecule has 0 bridgehead atoms. The molecular formula is C29H43NO9. The molecule has 1 fully saturated rings. The predicted octanol–water partition coefficient (Wildman–Crippen LogP) is 5.18. The van der Waals surface area contributed by atoms with Crippen molar-refractivity contribution in [3.8, 4) is 11.5 Å². The van der Waals surface area contributed by atoms with Crippen molar-refractivity contribution >= 4 is 24.1 Å². The first-order chi connectivity index (χ1) is 18.3. The zero-order chi connectivity index (χ0) is 29.2. The molecule has 0 saturated heterocycles. The number of carbonyl (C=O) groups is 4. The van der Waals surface area contributed by atoms with E-state index in [0.29, 0.717) is 5.56 Å². The maximum Gasteiger partial charge on any atom is 0.508 e. The average molecular weight is 550 g/mol. The Labute approximate surface area is 230 Å². The van der Waals surface area contributed by atoms with Crippen molar-refractivity contribution in [3.05, 3.63) is 23.8 Å². The first-order valence-corrected chi connectivity index (χ1v) is 13.7. The molecule has 1 aromatic carbocycles. The van der Waals surface area contributed by atoms with Gasteiger partial charge in [-0.05, 0) is 62.1 Å². The number of benzene rings is 1. The molecule has 218 valence electrons. The van der Waals surface area contributed by atoms with Crippen LogP contribution in [0.3, 0.4) is 0 Å². The highest BCUT2D eigenvalue weighted by molar-refractivity contribution is 5.79. The number of hydrogen-bond acceptors (Lipinski definition) is 9. The maximum atomic E-state index is 12.4. The van der Waals surface area contributed by atoms with Gasteiger partial charge in [-0.2, -0.15) is 0 Å². The van der Waals surface area contributed by atoms with Crippen LogP contribution in [0.15, 0.2) is 18.2 Å². The standard InChI is InChI=1S/C29H43NO9/c1-18(2)13-25(31)38-23-12-11-21(15-24(23)39-26(32)14-19(3)4)17-29(30,27(33)34)16-20(5)36-28(35)37-22-9-7-6-8-10-22/h11-12,15,18-20,22H,6-10,13-14,16-17,30H2,1-5H3,(H,33,34)/t20-,29?/m0/s1. The fourth-order valence-corrected chi connectivity index (χ4v) is 4.49. The van der Waals surface area contributed by atoms with Crippen molar-refractivity contribution in [2.45, 2.75) is 110 Å². The van der Waals surface area contributed by atoms with E-state index in [-0.39, 0.29) is 55.1 Å². The lowest BCUT2D eigenvalue weighted by molar-refractivity contribution is -0.145. The van der Waals surface area contributed by atoms with Crippen molar-refractivity contribution in [3.63, 3.8) is 0 Å². The summed E-state index contributed by atoms with van der Waals surface area (Å²) in [6.45, 7) is 9.04. The molecule has 0 spiro atoms. The number of hydrogen-bond donors (Lipinski definition) is 2. The zero-order valence-corrected chi connectivity index (χ0v) is 23.7. The van der Waals surface area contributed by atoms with Crippen LogP contribution < -0.4 is 15.2 Å². The van der Waals surface area contributed by atoms with E-state index < -0.39 is 35.7 Å². The third-order valence-corrected chi connectivity index (χ3v) is 6.32. The molecule has 0 amide bonds. The number of carboxylic acid groups (broad SMARTS) is 1. The molecule has 1 saturated carbocycles. The van der Waals surface area contributed by atoms with Gasteiger partial charge < -0.3 is 29.8 Å². The first kappa shape index (κ1) is 32.1. The van der Waals surface area contributed by atoms with Crippen LogP contribution in [0.25, 0.3) is 0 Å². The van der Waals surface area contributed by atoms with Crippen LogP contribution in [0.1, 0.15) is 91.5 Å². The Morgan fingerprint density at radius 2 is 1.49 bits per heavy atom. The van der Waals surface area contributed by atoms with E-state index in [1.54, 1.807) is 13.0 Å². The van der Waals surface area contributed by atoms with Crippen molar-refractivity contribution in [1.82, 2.24) is 0 Å². The van der Waals surface area contributed by atoms with Gasteiger partial charge in [-0.15, -0.1) is 0 Å². The van der Waals surface area contributed by atoms with E-state index in [9.17, 15) is 24.3 Å². The average Bonchev–Trinajstić information content (AvgIpc) is 2.80. The van der Waals surface area contributed by atoms with Crippen LogP contribution in [0.4, 0.5) is 4.79 Å². The molecule has 10 nitrogen and oxygen atoms in total. The van der Waals surface area contributed by atoms with Gasteiger partial charge in [-0.25, -0.2) is 4.79 Å². The molecule has 3 N–H and O–H groups in total. The lowest BCUT2D eigenvalue weighted by Gasteiger charge is -2.28. The monoisotopic (exact) mass is 549 g/mol. The summed E-state index contributed by atoms with van der Waals surface area (Å²) in [7, 11) is 0. The highest BCUT2D eigenvalue weighted by atomic mass is 16.7. The Morgan fingerprint density at radius 1 is 0.923 bits per heavy atom. The van der Waals surface area contributed by atoms with E-state index in [0.717, 1.165) is 32.1 Å². The number of aliphatic carboxylic acids is 1. The third kappa shape index (κ3) is 11.2. The number of carboxylic acids is 1. The highest BCUT2D eigenvalue weighted by Gasteiger charge is 2.37. The van der Waals surface area contributed by atoms with Gasteiger partial charge in [0.1, 0.15) is 17.7 Å². The van der Waals surface area contributed by atoms with Crippen LogP contribution in [0, 0.1) is 11.8 Å². The molecule has 1 aliphatic rings. The van der Waals surface area contributed by atoms with E-state index in [1.165, 1.54) is 12.1 Å². The predicted molar refractivity (Wildman–Crippen MR) is 143 cm³/mol. The summed E-state index contributed by atoms with van der Waals surface area (Å²) in [4.78, 5) is 49.1. The second kappa shape index (κ2) is 14.9. The van der Waals surface area contributed by atoms with Gasteiger partial charge in [0.05, 0.1) is 0 Å². The van der Waals surface area contributed by atoms with E-state index >= 15 is 0 Å². The number of carbonyl (C=O) groups excluding carboxylic acids is 3. The van der Waals surface area contributed by atoms with Crippen molar-refractivity contribution in [1.29, 1.82) is 0 Å². The zero-order valence-electron chi connectivity index (χ0n) is 23.7. The van der Waals surface area contributed by atoms with Gasteiger partial charge in [0.25, 0.3) is 0 Å². The van der Waals surface area contributed by atoms with Gasteiger partial charge in [0.2, 0.25) is 0 Å². The lowest BCUT2D eigenvalue weighted by Crippen LogP contribution is -2.52. The molecule has 0 aliphatic heterocycles. The largest absolute Gasteiger partial charge is 0.508 e.